The van der Waals surface area contributed by atoms with Crippen molar-refractivity contribution in [1.82, 2.24) is 5.43 Å². The van der Waals surface area contributed by atoms with Gasteiger partial charge in [-0.15, -0.1) is 11.3 Å². The summed E-state index contributed by atoms with van der Waals surface area (Å²) in [6.45, 7) is 1.86. The summed E-state index contributed by atoms with van der Waals surface area (Å²) in [7, 11) is 0. The van der Waals surface area contributed by atoms with Gasteiger partial charge < -0.3 is 4.74 Å². The first-order valence-corrected chi connectivity index (χ1v) is 7.63. The van der Waals surface area contributed by atoms with Crippen LogP contribution >= 0.6 is 11.3 Å². The molecule has 0 bridgehead atoms. The predicted octanol–water partition coefficient (Wildman–Crippen LogP) is 2.93. The second-order valence-corrected chi connectivity index (χ2v) is 5.30. The highest BCUT2D eigenvalue weighted by Gasteiger charge is 2.05. The molecule has 1 aromatic carbocycles. The third kappa shape index (κ3) is 4.43. The summed E-state index contributed by atoms with van der Waals surface area (Å²) < 4.78 is 5.34. The number of amides is 1. The van der Waals surface area contributed by atoms with E-state index < -0.39 is 0 Å². The van der Waals surface area contributed by atoms with Crippen LogP contribution in [0.25, 0.3) is 0 Å². The van der Waals surface area contributed by atoms with Gasteiger partial charge in [0.25, 0.3) is 5.91 Å². The number of nitriles is 1. The summed E-state index contributed by atoms with van der Waals surface area (Å²) in [4.78, 5) is 12.8. The normalized spacial score (nSPS) is 10.8. The van der Waals surface area contributed by atoms with Gasteiger partial charge in [-0.1, -0.05) is 13.0 Å². The summed E-state index contributed by atoms with van der Waals surface area (Å²) in [6.07, 6.45) is 0.733. The summed E-state index contributed by atoms with van der Waals surface area (Å²) in [5, 5.41) is 14.8. The Bertz CT molecular complexity index is 685. The molecule has 1 heterocycles. The van der Waals surface area contributed by atoms with E-state index >= 15 is 0 Å². The van der Waals surface area contributed by atoms with E-state index in [0.717, 1.165) is 17.0 Å². The van der Waals surface area contributed by atoms with Crippen LogP contribution in [0.3, 0.4) is 0 Å². The zero-order chi connectivity index (χ0) is 15.8. The number of rotatable bonds is 6. The number of benzene rings is 1. The highest BCUT2D eigenvalue weighted by molar-refractivity contribution is 7.12. The number of carbonyl (C=O) groups excluding carboxylic acids is 1. The van der Waals surface area contributed by atoms with Crippen molar-refractivity contribution in [2.24, 2.45) is 5.10 Å². The van der Waals surface area contributed by atoms with E-state index in [-0.39, 0.29) is 12.5 Å². The molecule has 0 atom stereocenters. The minimum absolute atomic E-state index is 0.128. The van der Waals surface area contributed by atoms with E-state index in [9.17, 15) is 4.79 Å². The predicted molar refractivity (Wildman–Crippen MR) is 85.9 cm³/mol. The van der Waals surface area contributed by atoms with Crippen molar-refractivity contribution >= 4 is 23.0 Å². The zero-order valence-corrected chi connectivity index (χ0v) is 12.9. The Morgan fingerprint density at radius 2 is 2.14 bits per heavy atom. The topological polar surface area (TPSA) is 74.5 Å². The van der Waals surface area contributed by atoms with Gasteiger partial charge in [-0.3, -0.25) is 4.79 Å². The summed E-state index contributed by atoms with van der Waals surface area (Å²) in [6, 6.07) is 12.5. The maximum Gasteiger partial charge on any atom is 0.277 e. The first-order valence-electron chi connectivity index (χ1n) is 6.75. The summed E-state index contributed by atoms with van der Waals surface area (Å²) in [5.41, 5.74) is 3.87. The Kier molecular flexibility index (Phi) is 5.69. The lowest BCUT2D eigenvalue weighted by Gasteiger charge is -2.06. The van der Waals surface area contributed by atoms with Crippen molar-refractivity contribution in [2.45, 2.75) is 13.3 Å². The molecular formula is C16H15N3O2S. The molecule has 0 radical (unpaired) electrons. The quantitative estimate of drug-likeness (QED) is 0.658. The van der Waals surface area contributed by atoms with E-state index in [0.29, 0.717) is 11.3 Å². The number of nitrogens with zero attached hydrogens (tertiary/aromatic N) is 2. The smallest absolute Gasteiger partial charge is 0.277 e. The Morgan fingerprint density at radius 1 is 1.36 bits per heavy atom. The molecule has 0 saturated heterocycles. The van der Waals surface area contributed by atoms with Crippen LogP contribution in [-0.4, -0.2) is 18.2 Å². The minimum atomic E-state index is -0.327. The van der Waals surface area contributed by atoms with E-state index in [1.807, 2.05) is 30.5 Å². The zero-order valence-electron chi connectivity index (χ0n) is 12.1. The fourth-order valence-electron chi connectivity index (χ4n) is 1.69. The van der Waals surface area contributed by atoms with Gasteiger partial charge in [-0.25, -0.2) is 5.43 Å². The molecule has 1 aromatic heterocycles. The molecule has 5 nitrogen and oxygen atoms in total. The Balaban J connectivity index is 1.86. The molecule has 0 fully saturated rings. The van der Waals surface area contributed by atoms with Crippen LogP contribution in [0, 0.1) is 11.3 Å². The molecule has 0 saturated carbocycles. The number of carbonyl (C=O) groups is 1. The van der Waals surface area contributed by atoms with E-state index in [4.69, 9.17) is 10.00 Å². The Labute approximate surface area is 132 Å². The second-order valence-electron chi connectivity index (χ2n) is 4.35. The minimum Gasteiger partial charge on any atom is -0.484 e. The summed E-state index contributed by atoms with van der Waals surface area (Å²) in [5.74, 6) is 0.207. The van der Waals surface area contributed by atoms with Gasteiger partial charge in [0.15, 0.2) is 6.61 Å². The van der Waals surface area contributed by atoms with Gasteiger partial charge in [0.2, 0.25) is 0 Å². The van der Waals surface area contributed by atoms with Crippen LogP contribution in [0.4, 0.5) is 0 Å². The van der Waals surface area contributed by atoms with E-state index in [2.05, 4.69) is 10.5 Å². The fourth-order valence-corrected chi connectivity index (χ4v) is 2.47. The first kappa shape index (κ1) is 15.7. The van der Waals surface area contributed by atoms with Gasteiger partial charge in [-0.05, 0) is 42.1 Å². The fraction of sp³-hybridized carbons (Fsp3) is 0.188. The molecule has 0 aliphatic heterocycles. The van der Waals surface area contributed by atoms with Crippen molar-refractivity contribution in [1.29, 1.82) is 5.26 Å². The molecule has 2 aromatic rings. The largest absolute Gasteiger partial charge is 0.484 e. The van der Waals surface area contributed by atoms with Gasteiger partial charge in [-0.2, -0.15) is 10.4 Å². The highest BCUT2D eigenvalue weighted by atomic mass is 32.1. The summed E-state index contributed by atoms with van der Waals surface area (Å²) >= 11 is 1.58. The maximum atomic E-state index is 11.7. The monoisotopic (exact) mass is 313 g/mol. The van der Waals surface area contributed by atoms with Crippen molar-refractivity contribution in [3.8, 4) is 11.8 Å². The molecule has 112 valence electrons. The van der Waals surface area contributed by atoms with Gasteiger partial charge in [0.05, 0.1) is 22.2 Å². The highest BCUT2D eigenvalue weighted by Crippen LogP contribution is 2.12. The Hall–Kier alpha value is -2.65. The maximum absolute atomic E-state index is 11.7. The molecule has 6 heteroatoms. The van der Waals surface area contributed by atoms with Crippen LogP contribution in [0.5, 0.6) is 5.75 Å². The van der Waals surface area contributed by atoms with Crippen LogP contribution in [-0.2, 0) is 4.79 Å². The van der Waals surface area contributed by atoms with Crippen molar-refractivity contribution in [3.05, 3.63) is 52.2 Å². The molecule has 2 rings (SSSR count). The molecule has 1 N–H and O–H groups in total. The molecule has 0 aliphatic rings. The van der Waals surface area contributed by atoms with Crippen molar-refractivity contribution < 1.29 is 9.53 Å². The van der Waals surface area contributed by atoms with Crippen molar-refractivity contribution in [2.75, 3.05) is 6.61 Å². The van der Waals surface area contributed by atoms with E-state index in [1.165, 1.54) is 0 Å². The van der Waals surface area contributed by atoms with Gasteiger partial charge in [0.1, 0.15) is 5.75 Å². The number of hydrazone groups is 1. The molecule has 0 spiro atoms. The third-order valence-electron chi connectivity index (χ3n) is 2.81. The van der Waals surface area contributed by atoms with Gasteiger partial charge >= 0.3 is 0 Å². The van der Waals surface area contributed by atoms with Crippen LogP contribution < -0.4 is 10.2 Å². The lowest BCUT2D eigenvalue weighted by molar-refractivity contribution is -0.123. The van der Waals surface area contributed by atoms with Crippen LogP contribution in [0.1, 0.15) is 23.8 Å². The number of hydrogen-bond donors (Lipinski definition) is 1. The number of nitrogens with one attached hydrogen (secondary N) is 1. The SMILES string of the molecule is CC/C(=N/NC(=O)COc1ccc(C#N)cc1)c1cccs1. The standard InChI is InChI=1S/C16H15N3O2S/c1-2-14(15-4-3-9-22-15)18-19-16(20)11-21-13-7-5-12(10-17)6-8-13/h3-9H,2,11H2,1H3,(H,19,20)/b18-14-. The number of thiophene rings is 1. The van der Waals surface area contributed by atoms with Crippen LogP contribution in [0.15, 0.2) is 46.9 Å². The lowest BCUT2D eigenvalue weighted by Crippen LogP contribution is -2.25. The third-order valence-corrected chi connectivity index (χ3v) is 3.73. The molecule has 0 aliphatic carbocycles. The van der Waals surface area contributed by atoms with Gasteiger partial charge in [0, 0.05) is 0 Å². The molecule has 1 amide bonds. The molecule has 22 heavy (non-hydrogen) atoms. The number of ether oxygens (including phenoxy) is 1. The van der Waals surface area contributed by atoms with Crippen LogP contribution in [0.2, 0.25) is 0 Å². The second kappa shape index (κ2) is 7.96. The lowest BCUT2D eigenvalue weighted by atomic mass is 10.2. The number of hydrogen-bond acceptors (Lipinski definition) is 5. The molecular weight excluding hydrogens is 298 g/mol. The van der Waals surface area contributed by atoms with Crippen molar-refractivity contribution in [3.63, 3.8) is 0 Å². The Morgan fingerprint density at radius 3 is 2.73 bits per heavy atom. The average Bonchev–Trinajstić information content (AvgIpc) is 3.08. The molecule has 0 unspecified atom stereocenters. The first-order chi connectivity index (χ1) is 10.7. The van der Waals surface area contributed by atoms with E-state index in [1.54, 1.807) is 35.6 Å². The average molecular weight is 313 g/mol.